The minimum Gasteiger partial charge on any atom is -0.507 e. The van der Waals surface area contributed by atoms with Crippen LogP contribution >= 0.6 is 0 Å². The summed E-state index contributed by atoms with van der Waals surface area (Å²) in [7, 11) is 1.46. The maximum absolute atomic E-state index is 11.3. The summed E-state index contributed by atoms with van der Waals surface area (Å²) in [6, 6.07) is 6.08. The molecule has 4 N–H and O–H groups in total. The van der Waals surface area contributed by atoms with Gasteiger partial charge in [-0.2, -0.15) is 0 Å². The number of ether oxygens (including phenoxy) is 3. The number of fused-ring (bicyclic) bond motifs is 4. The first kappa shape index (κ1) is 15.9. The molecule has 2 aromatic carbocycles. The quantitative estimate of drug-likeness (QED) is 0.619. The van der Waals surface area contributed by atoms with Crippen molar-refractivity contribution < 1.29 is 34.6 Å². The molecule has 7 heteroatoms. The van der Waals surface area contributed by atoms with Gasteiger partial charge in [0.15, 0.2) is 23.2 Å². The Labute approximate surface area is 143 Å². The van der Waals surface area contributed by atoms with Crippen LogP contribution in [-0.4, -0.2) is 40.2 Å². The first-order chi connectivity index (χ1) is 11.9. The molecule has 0 spiro atoms. The molecule has 0 fully saturated rings. The first-order valence-electron chi connectivity index (χ1n) is 7.82. The Hall–Kier alpha value is -2.64. The summed E-state index contributed by atoms with van der Waals surface area (Å²) in [6.45, 7) is 1.57. The Bertz CT molecular complexity index is 863. The Morgan fingerprint density at radius 1 is 1.28 bits per heavy atom. The second kappa shape index (κ2) is 5.18. The fourth-order valence-electron chi connectivity index (χ4n) is 3.59. The van der Waals surface area contributed by atoms with Crippen LogP contribution in [0.25, 0.3) is 0 Å². The van der Waals surface area contributed by atoms with Crippen LogP contribution < -0.4 is 14.2 Å². The molecule has 25 heavy (non-hydrogen) atoms. The summed E-state index contributed by atoms with van der Waals surface area (Å²) >= 11 is 0. The van der Waals surface area contributed by atoms with Crippen molar-refractivity contribution >= 4 is 0 Å². The molecule has 132 valence electrons. The first-order valence-corrected chi connectivity index (χ1v) is 7.82. The largest absolute Gasteiger partial charge is 0.507 e. The lowest BCUT2D eigenvalue weighted by Crippen LogP contribution is -2.55. The number of aliphatic hydroxyl groups is 2. The molecule has 0 bridgehead atoms. The number of benzene rings is 2. The maximum Gasteiger partial charge on any atom is 0.168 e. The fraction of sp³-hybridized carbons (Fsp3) is 0.333. The van der Waals surface area contributed by atoms with Crippen molar-refractivity contribution in [1.82, 2.24) is 0 Å². The van der Waals surface area contributed by atoms with E-state index in [1.807, 2.05) is 0 Å². The van der Waals surface area contributed by atoms with Crippen LogP contribution in [-0.2, 0) is 5.60 Å². The fourth-order valence-corrected chi connectivity index (χ4v) is 3.59. The minimum atomic E-state index is -1.88. The van der Waals surface area contributed by atoms with Gasteiger partial charge in [0, 0.05) is 17.2 Å². The molecule has 0 amide bonds. The summed E-state index contributed by atoms with van der Waals surface area (Å²) in [6.07, 6.45) is -2.40. The van der Waals surface area contributed by atoms with Crippen molar-refractivity contribution in [3.8, 4) is 28.7 Å². The number of rotatable bonds is 1. The molecule has 0 radical (unpaired) electrons. The second-order valence-electron chi connectivity index (χ2n) is 6.26. The number of hydrogen-bond donors (Lipinski definition) is 4. The molecule has 4 rings (SSSR count). The third kappa shape index (κ3) is 1.93. The summed E-state index contributed by atoms with van der Waals surface area (Å²) in [4.78, 5) is 0. The van der Waals surface area contributed by atoms with Crippen molar-refractivity contribution in [2.45, 2.75) is 24.7 Å². The summed E-state index contributed by atoms with van der Waals surface area (Å²) in [5, 5.41) is 42.8. The van der Waals surface area contributed by atoms with Crippen molar-refractivity contribution in [2.75, 3.05) is 13.7 Å². The summed E-state index contributed by atoms with van der Waals surface area (Å²) < 4.78 is 16.6. The van der Waals surface area contributed by atoms with Crippen molar-refractivity contribution in [2.24, 2.45) is 0 Å². The number of hydrogen-bond acceptors (Lipinski definition) is 7. The van der Waals surface area contributed by atoms with Gasteiger partial charge in [-0.15, -0.1) is 0 Å². The standard InChI is InChI=1S/C18H18O7/c1-8-11(23-2)6-12-14(15(8)20)17(21)18(22)9-4-3-5-10(19)16(9)24-7-13(18)25-12/h3-6,13,17,19-22H,7H2,1-2H3/t13-,17+,18+/m1/s1. The lowest BCUT2D eigenvalue weighted by atomic mass is 9.76. The van der Waals surface area contributed by atoms with Gasteiger partial charge < -0.3 is 34.6 Å². The van der Waals surface area contributed by atoms with Crippen LogP contribution in [0.15, 0.2) is 24.3 Å². The van der Waals surface area contributed by atoms with Gasteiger partial charge in [-0.1, -0.05) is 12.1 Å². The third-order valence-electron chi connectivity index (χ3n) is 4.98. The van der Waals surface area contributed by atoms with E-state index in [1.165, 1.54) is 13.2 Å². The topological polar surface area (TPSA) is 109 Å². The van der Waals surface area contributed by atoms with E-state index in [0.29, 0.717) is 11.3 Å². The van der Waals surface area contributed by atoms with Crippen LogP contribution in [0.2, 0.25) is 0 Å². The van der Waals surface area contributed by atoms with Gasteiger partial charge in [-0.05, 0) is 13.0 Å². The van der Waals surface area contributed by atoms with Gasteiger partial charge in [-0.3, -0.25) is 0 Å². The zero-order valence-electron chi connectivity index (χ0n) is 13.7. The second-order valence-corrected chi connectivity index (χ2v) is 6.26. The van der Waals surface area contributed by atoms with Gasteiger partial charge >= 0.3 is 0 Å². The monoisotopic (exact) mass is 346 g/mol. The highest BCUT2D eigenvalue weighted by Gasteiger charge is 2.56. The number of methoxy groups -OCH3 is 1. The van der Waals surface area contributed by atoms with E-state index in [9.17, 15) is 20.4 Å². The lowest BCUT2D eigenvalue weighted by molar-refractivity contribution is -0.180. The molecule has 2 aliphatic heterocycles. The van der Waals surface area contributed by atoms with Crippen molar-refractivity contribution in [3.63, 3.8) is 0 Å². The van der Waals surface area contributed by atoms with Gasteiger partial charge in [-0.25, -0.2) is 0 Å². The number of para-hydroxylation sites is 1. The minimum absolute atomic E-state index is 0.0749. The molecule has 7 nitrogen and oxygen atoms in total. The SMILES string of the molecule is COc1cc2c(c(O)c1C)[C@H](O)[C@]1(O)c3cccc(O)c3OC[C@H]1O2. The Balaban J connectivity index is 1.94. The van der Waals surface area contributed by atoms with Crippen LogP contribution in [0.1, 0.15) is 22.8 Å². The van der Waals surface area contributed by atoms with Crippen LogP contribution in [0.3, 0.4) is 0 Å². The average molecular weight is 346 g/mol. The smallest absolute Gasteiger partial charge is 0.168 e. The summed E-state index contributed by atoms with van der Waals surface area (Å²) in [5.41, 5.74) is -1.17. The molecule has 2 heterocycles. The van der Waals surface area contributed by atoms with E-state index < -0.39 is 17.8 Å². The molecular weight excluding hydrogens is 328 g/mol. The Morgan fingerprint density at radius 3 is 2.76 bits per heavy atom. The predicted octanol–water partition coefficient (Wildman–Crippen LogP) is 1.49. The molecule has 2 aliphatic rings. The number of phenolic OH excluding ortho intramolecular Hbond substituents is 2. The van der Waals surface area contributed by atoms with E-state index in [1.54, 1.807) is 25.1 Å². The predicted molar refractivity (Wildman–Crippen MR) is 86.3 cm³/mol. The van der Waals surface area contributed by atoms with Gasteiger partial charge in [0.2, 0.25) is 0 Å². The highest BCUT2D eigenvalue weighted by Crippen LogP contribution is 2.56. The highest BCUT2D eigenvalue weighted by atomic mass is 16.6. The zero-order chi connectivity index (χ0) is 17.9. The number of aliphatic hydroxyl groups excluding tert-OH is 1. The van der Waals surface area contributed by atoms with Gasteiger partial charge in [0.05, 0.1) is 12.7 Å². The maximum atomic E-state index is 11.3. The Morgan fingerprint density at radius 2 is 2.04 bits per heavy atom. The molecule has 0 unspecified atom stereocenters. The highest BCUT2D eigenvalue weighted by molar-refractivity contribution is 5.61. The molecule has 0 saturated carbocycles. The number of phenols is 2. The summed E-state index contributed by atoms with van der Waals surface area (Å²) in [5.74, 6) is 0.370. The van der Waals surface area contributed by atoms with Gasteiger partial charge in [0.25, 0.3) is 0 Å². The average Bonchev–Trinajstić information content (AvgIpc) is 2.60. The van der Waals surface area contributed by atoms with E-state index in [-0.39, 0.29) is 40.7 Å². The third-order valence-corrected chi connectivity index (χ3v) is 4.98. The molecule has 0 saturated heterocycles. The van der Waals surface area contributed by atoms with Crippen molar-refractivity contribution in [1.29, 1.82) is 0 Å². The molecule has 0 aromatic heterocycles. The normalized spacial score (nSPS) is 26.6. The Kier molecular flexibility index (Phi) is 3.28. The van der Waals surface area contributed by atoms with Crippen LogP contribution in [0, 0.1) is 6.92 Å². The molecule has 0 aliphatic carbocycles. The van der Waals surface area contributed by atoms with E-state index in [0.717, 1.165) is 0 Å². The molecule has 2 aromatic rings. The van der Waals surface area contributed by atoms with Gasteiger partial charge in [0.1, 0.15) is 30.0 Å². The van der Waals surface area contributed by atoms with E-state index in [2.05, 4.69) is 0 Å². The zero-order valence-corrected chi connectivity index (χ0v) is 13.7. The molecular formula is C18H18O7. The lowest BCUT2D eigenvalue weighted by Gasteiger charge is -2.47. The van der Waals surface area contributed by atoms with E-state index in [4.69, 9.17) is 14.2 Å². The number of aromatic hydroxyl groups is 2. The van der Waals surface area contributed by atoms with Crippen LogP contribution in [0.5, 0.6) is 28.7 Å². The molecule has 3 atom stereocenters. The van der Waals surface area contributed by atoms with Crippen molar-refractivity contribution in [3.05, 3.63) is 41.0 Å². The van der Waals surface area contributed by atoms with Crippen LogP contribution in [0.4, 0.5) is 0 Å². The van der Waals surface area contributed by atoms with E-state index >= 15 is 0 Å².